The largest absolute Gasteiger partial charge is 0.495 e. The van der Waals surface area contributed by atoms with E-state index in [4.69, 9.17) is 27.9 Å². The standard InChI is InChI=1S/C14H13Cl2IN2O/c1-7(2)12-11(17)13(16)19-14(18-12)8-4-5-10(20-3)9(15)6-8/h4-7H,1-3H3. The molecule has 2 rings (SSSR count). The number of ether oxygens (including phenoxy) is 1. The Hall–Kier alpha value is -0.590. The fourth-order valence-corrected chi connectivity index (χ4v) is 3.05. The molecule has 2 aromatic rings. The number of halogens is 3. The predicted octanol–water partition coefficient (Wildman–Crippen LogP) is 5.19. The molecule has 6 heteroatoms. The van der Waals surface area contributed by atoms with Crippen molar-refractivity contribution in [3.05, 3.63) is 37.6 Å². The van der Waals surface area contributed by atoms with Gasteiger partial charge in [0.15, 0.2) is 5.82 Å². The summed E-state index contributed by atoms with van der Waals surface area (Å²) in [5, 5.41) is 0.987. The molecular weight excluding hydrogens is 410 g/mol. The van der Waals surface area contributed by atoms with E-state index in [2.05, 4.69) is 46.4 Å². The van der Waals surface area contributed by atoms with Gasteiger partial charge in [-0.05, 0) is 46.7 Å². The number of methoxy groups -OCH3 is 1. The quantitative estimate of drug-likeness (QED) is 0.504. The molecule has 0 unspecified atom stereocenters. The molecule has 0 bridgehead atoms. The number of hydrogen-bond donors (Lipinski definition) is 0. The second-order valence-corrected chi connectivity index (χ2v) is 6.39. The highest BCUT2D eigenvalue weighted by Gasteiger charge is 2.15. The summed E-state index contributed by atoms with van der Waals surface area (Å²) >= 11 is 14.5. The van der Waals surface area contributed by atoms with Crippen LogP contribution in [0.25, 0.3) is 11.4 Å². The Morgan fingerprint density at radius 2 is 1.90 bits per heavy atom. The molecular formula is C14H13Cl2IN2O. The first kappa shape index (κ1) is 15.8. The average Bonchev–Trinajstić information content (AvgIpc) is 2.41. The third-order valence-electron chi connectivity index (χ3n) is 2.79. The molecule has 0 amide bonds. The third kappa shape index (κ3) is 3.18. The molecule has 106 valence electrons. The highest BCUT2D eigenvalue weighted by Crippen LogP contribution is 2.31. The summed E-state index contributed by atoms with van der Waals surface area (Å²) in [5.74, 6) is 1.47. The summed E-state index contributed by atoms with van der Waals surface area (Å²) in [6, 6.07) is 5.44. The summed E-state index contributed by atoms with van der Waals surface area (Å²) in [5.41, 5.74) is 1.75. The lowest BCUT2D eigenvalue weighted by Crippen LogP contribution is -2.02. The van der Waals surface area contributed by atoms with Crippen molar-refractivity contribution < 1.29 is 4.74 Å². The van der Waals surface area contributed by atoms with Gasteiger partial charge < -0.3 is 4.74 Å². The predicted molar refractivity (Wildman–Crippen MR) is 90.8 cm³/mol. The van der Waals surface area contributed by atoms with Gasteiger partial charge >= 0.3 is 0 Å². The first-order chi connectivity index (χ1) is 9.43. The second kappa shape index (κ2) is 6.45. The van der Waals surface area contributed by atoms with Crippen LogP contribution in [0.4, 0.5) is 0 Å². The van der Waals surface area contributed by atoms with Crippen LogP contribution in [0, 0.1) is 3.57 Å². The lowest BCUT2D eigenvalue weighted by molar-refractivity contribution is 0.415. The number of rotatable bonds is 3. The molecule has 0 saturated carbocycles. The molecule has 0 atom stereocenters. The van der Waals surface area contributed by atoms with E-state index in [1.807, 2.05) is 6.07 Å². The summed E-state index contributed by atoms with van der Waals surface area (Å²) < 4.78 is 6.03. The fourth-order valence-electron chi connectivity index (χ4n) is 1.75. The van der Waals surface area contributed by atoms with E-state index in [0.29, 0.717) is 21.7 Å². The normalized spacial score (nSPS) is 10.9. The van der Waals surface area contributed by atoms with Gasteiger partial charge in [0.1, 0.15) is 10.9 Å². The van der Waals surface area contributed by atoms with Crippen molar-refractivity contribution in [1.82, 2.24) is 9.97 Å². The summed E-state index contributed by atoms with van der Waals surface area (Å²) in [6.07, 6.45) is 0. The lowest BCUT2D eigenvalue weighted by atomic mass is 10.1. The van der Waals surface area contributed by atoms with Crippen LogP contribution in [0.3, 0.4) is 0 Å². The molecule has 0 spiro atoms. The minimum atomic E-state index is 0.273. The van der Waals surface area contributed by atoms with Crippen LogP contribution in [0.2, 0.25) is 10.2 Å². The van der Waals surface area contributed by atoms with Crippen LogP contribution in [-0.2, 0) is 0 Å². The average molecular weight is 423 g/mol. The number of benzene rings is 1. The van der Waals surface area contributed by atoms with Crippen LogP contribution in [0.1, 0.15) is 25.5 Å². The molecule has 0 N–H and O–H groups in total. The molecule has 3 nitrogen and oxygen atoms in total. The Balaban J connectivity index is 2.55. The lowest BCUT2D eigenvalue weighted by Gasteiger charge is -2.11. The van der Waals surface area contributed by atoms with E-state index in [9.17, 15) is 0 Å². The number of hydrogen-bond acceptors (Lipinski definition) is 3. The first-order valence-electron chi connectivity index (χ1n) is 6.01. The van der Waals surface area contributed by atoms with E-state index in [-0.39, 0.29) is 5.92 Å². The van der Waals surface area contributed by atoms with Gasteiger partial charge in [-0.2, -0.15) is 0 Å². The van der Waals surface area contributed by atoms with Crippen LogP contribution in [0.15, 0.2) is 18.2 Å². The van der Waals surface area contributed by atoms with Gasteiger partial charge in [0.2, 0.25) is 0 Å². The maximum atomic E-state index is 6.20. The van der Waals surface area contributed by atoms with E-state index >= 15 is 0 Å². The van der Waals surface area contributed by atoms with Gasteiger partial charge in [-0.3, -0.25) is 0 Å². The Bertz CT molecular complexity index is 647. The van der Waals surface area contributed by atoms with E-state index in [0.717, 1.165) is 14.8 Å². The van der Waals surface area contributed by atoms with Gasteiger partial charge in [0.25, 0.3) is 0 Å². The Kier molecular flexibility index (Phi) is 5.09. The Morgan fingerprint density at radius 1 is 1.20 bits per heavy atom. The maximum Gasteiger partial charge on any atom is 0.161 e. The molecule has 0 aliphatic rings. The number of aromatic nitrogens is 2. The maximum absolute atomic E-state index is 6.20. The highest BCUT2D eigenvalue weighted by molar-refractivity contribution is 14.1. The van der Waals surface area contributed by atoms with Gasteiger partial charge in [0.05, 0.1) is 21.4 Å². The zero-order valence-electron chi connectivity index (χ0n) is 11.2. The molecule has 0 fully saturated rings. The van der Waals surface area contributed by atoms with Gasteiger partial charge in [0, 0.05) is 5.56 Å². The summed E-state index contributed by atoms with van der Waals surface area (Å²) in [7, 11) is 1.58. The zero-order chi connectivity index (χ0) is 14.9. The van der Waals surface area contributed by atoms with Crippen molar-refractivity contribution in [3.8, 4) is 17.1 Å². The minimum Gasteiger partial charge on any atom is -0.495 e. The topological polar surface area (TPSA) is 35.0 Å². The van der Waals surface area contributed by atoms with Crippen molar-refractivity contribution in [2.75, 3.05) is 7.11 Å². The fraction of sp³-hybridized carbons (Fsp3) is 0.286. The van der Waals surface area contributed by atoms with Crippen molar-refractivity contribution in [3.63, 3.8) is 0 Å². The van der Waals surface area contributed by atoms with Gasteiger partial charge in [-0.1, -0.05) is 37.0 Å². The highest BCUT2D eigenvalue weighted by atomic mass is 127. The SMILES string of the molecule is COc1ccc(-c2nc(Cl)c(I)c(C(C)C)n2)cc1Cl. The Morgan fingerprint density at radius 3 is 2.45 bits per heavy atom. The summed E-state index contributed by atoms with van der Waals surface area (Å²) in [6.45, 7) is 4.15. The Labute approximate surface area is 141 Å². The van der Waals surface area contributed by atoms with E-state index < -0.39 is 0 Å². The zero-order valence-corrected chi connectivity index (χ0v) is 14.9. The van der Waals surface area contributed by atoms with Crippen molar-refractivity contribution >= 4 is 45.8 Å². The monoisotopic (exact) mass is 422 g/mol. The van der Waals surface area contributed by atoms with Crippen LogP contribution in [-0.4, -0.2) is 17.1 Å². The molecule has 1 aromatic carbocycles. The van der Waals surface area contributed by atoms with Crippen LogP contribution >= 0.6 is 45.8 Å². The van der Waals surface area contributed by atoms with E-state index in [1.165, 1.54) is 0 Å². The summed E-state index contributed by atoms with van der Waals surface area (Å²) in [4.78, 5) is 8.93. The van der Waals surface area contributed by atoms with Gasteiger partial charge in [-0.15, -0.1) is 0 Å². The molecule has 1 heterocycles. The van der Waals surface area contributed by atoms with Crippen LogP contribution in [0.5, 0.6) is 5.75 Å². The molecule has 0 radical (unpaired) electrons. The van der Waals surface area contributed by atoms with Gasteiger partial charge in [-0.25, -0.2) is 9.97 Å². The molecule has 0 aliphatic heterocycles. The first-order valence-corrected chi connectivity index (χ1v) is 7.84. The second-order valence-electron chi connectivity index (χ2n) is 4.54. The van der Waals surface area contributed by atoms with Crippen molar-refractivity contribution in [2.45, 2.75) is 19.8 Å². The smallest absolute Gasteiger partial charge is 0.161 e. The van der Waals surface area contributed by atoms with Crippen molar-refractivity contribution in [2.24, 2.45) is 0 Å². The third-order valence-corrected chi connectivity index (χ3v) is 4.74. The number of nitrogens with zero attached hydrogens (tertiary/aromatic N) is 2. The molecule has 0 saturated heterocycles. The minimum absolute atomic E-state index is 0.273. The molecule has 20 heavy (non-hydrogen) atoms. The van der Waals surface area contributed by atoms with Crippen LogP contribution < -0.4 is 4.74 Å². The molecule has 1 aromatic heterocycles. The molecule has 0 aliphatic carbocycles. The van der Waals surface area contributed by atoms with E-state index in [1.54, 1.807) is 19.2 Å². The van der Waals surface area contributed by atoms with Crippen molar-refractivity contribution in [1.29, 1.82) is 0 Å².